The molecule has 3 aromatic rings. The maximum atomic E-state index is 5.55. The molecule has 1 saturated heterocycles. The third-order valence-electron chi connectivity index (χ3n) is 6.15. The summed E-state index contributed by atoms with van der Waals surface area (Å²) in [6.45, 7) is 3.06. The third-order valence-corrected chi connectivity index (χ3v) is 6.15. The van der Waals surface area contributed by atoms with Gasteiger partial charge in [0.05, 0.1) is 13.2 Å². The molecule has 1 aliphatic rings. The third kappa shape index (κ3) is 5.10. The second-order valence-electron chi connectivity index (χ2n) is 8.07. The maximum absolute atomic E-state index is 5.55. The first kappa shape index (κ1) is 20.6. The Morgan fingerprint density at radius 3 is 2.37 bits per heavy atom. The molecule has 0 amide bonds. The minimum atomic E-state index is 0.387. The lowest BCUT2D eigenvalue weighted by Crippen LogP contribution is -2.48. The minimum absolute atomic E-state index is 0.387. The van der Waals surface area contributed by atoms with Gasteiger partial charge in [-0.05, 0) is 43.0 Å². The van der Waals surface area contributed by atoms with Crippen LogP contribution in [0.5, 0.6) is 5.75 Å². The Bertz CT molecular complexity index is 897. The molecule has 3 heteroatoms. The lowest BCUT2D eigenvalue weighted by molar-refractivity contribution is 0.112. The summed E-state index contributed by atoms with van der Waals surface area (Å²) in [5, 5.41) is 3.87. The van der Waals surface area contributed by atoms with Crippen molar-refractivity contribution in [1.29, 1.82) is 0 Å². The molecule has 0 saturated carbocycles. The van der Waals surface area contributed by atoms with Crippen molar-refractivity contribution in [2.75, 3.05) is 20.2 Å². The average molecular weight is 401 g/mol. The Hall–Kier alpha value is -2.62. The average Bonchev–Trinajstić information content (AvgIpc) is 2.82. The van der Waals surface area contributed by atoms with Gasteiger partial charge in [-0.1, -0.05) is 78.9 Å². The van der Waals surface area contributed by atoms with Crippen LogP contribution in [-0.4, -0.2) is 31.1 Å². The van der Waals surface area contributed by atoms with Gasteiger partial charge in [-0.25, -0.2) is 0 Å². The van der Waals surface area contributed by atoms with Crippen LogP contribution >= 0.6 is 0 Å². The van der Waals surface area contributed by atoms with Crippen molar-refractivity contribution in [2.24, 2.45) is 0 Å². The van der Waals surface area contributed by atoms with Crippen molar-refractivity contribution in [3.63, 3.8) is 0 Å². The van der Waals surface area contributed by atoms with Gasteiger partial charge in [0, 0.05) is 24.7 Å². The van der Waals surface area contributed by atoms with E-state index in [9.17, 15) is 0 Å². The highest BCUT2D eigenvalue weighted by atomic mass is 16.5. The smallest absolute Gasteiger partial charge is 0.123 e. The number of nitrogens with zero attached hydrogens (tertiary/aromatic N) is 1. The van der Waals surface area contributed by atoms with Gasteiger partial charge in [-0.2, -0.15) is 0 Å². The SMILES string of the molecule is COc1ccccc1CNC1CCCN(CCc2ccccc2)C1c1ccccc1. The molecule has 3 aromatic carbocycles. The van der Waals surface area contributed by atoms with E-state index in [1.807, 2.05) is 12.1 Å². The van der Waals surface area contributed by atoms with Gasteiger partial charge < -0.3 is 10.1 Å². The summed E-state index contributed by atoms with van der Waals surface area (Å²) in [4.78, 5) is 2.67. The van der Waals surface area contributed by atoms with E-state index in [1.54, 1.807) is 7.11 Å². The normalized spacial score (nSPS) is 19.5. The molecule has 30 heavy (non-hydrogen) atoms. The molecule has 156 valence electrons. The molecule has 2 unspecified atom stereocenters. The van der Waals surface area contributed by atoms with Crippen molar-refractivity contribution in [2.45, 2.75) is 37.9 Å². The molecule has 0 aromatic heterocycles. The number of ether oxygens (including phenoxy) is 1. The molecular formula is C27H32N2O. The second-order valence-corrected chi connectivity index (χ2v) is 8.07. The summed E-state index contributed by atoms with van der Waals surface area (Å²) in [7, 11) is 1.75. The lowest BCUT2D eigenvalue weighted by Gasteiger charge is -2.42. The van der Waals surface area contributed by atoms with E-state index in [-0.39, 0.29) is 0 Å². The zero-order chi connectivity index (χ0) is 20.6. The van der Waals surface area contributed by atoms with Gasteiger partial charge in [0.1, 0.15) is 5.75 Å². The van der Waals surface area contributed by atoms with E-state index in [1.165, 1.54) is 29.5 Å². The van der Waals surface area contributed by atoms with Gasteiger partial charge in [-0.3, -0.25) is 4.90 Å². The molecule has 0 aliphatic carbocycles. The largest absolute Gasteiger partial charge is 0.496 e. The zero-order valence-corrected chi connectivity index (χ0v) is 17.8. The molecule has 0 bridgehead atoms. The molecule has 1 N–H and O–H groups in total. The Morgan fingerprint density at radius 2 is 1.60 bits per heavy atom. The first-order valence-corrected chi connectivity index (χ1v) is 11.0. The van der Waals surface area contributed by atoms with Crippen molar-refractivity contribution in [1.82, 2.24) is 10.2 Å². The number of piperidine rings is 1. The number of methoxy groups -OCH3 is 1. The van der Waals surface area contributed by atoms with E-state index in [2.05, 4.69) is 83.0 Å². The fraction of sp³-hybridized carbons (Fsp3) is 0.333. The minimum Gasteiger partial charge on any atom is -0.496 e. The van der Waals surface area contributed by atoms with Crippen LogP contribution in [0, 0.1) is 0 Å². The summed E-state index contributed by atoms with van der Waals surface area (Å²) in [6, 6.07) is 30.9. The van der Waals surface area contributed by atoms with Crippen LogP contribution in [0.25, 0.3) is 0 Å². The number of likely N-dealkylation sites (tertiary alicyclic amines) is 1. The van der Waals surface area contributed by atoms with E-state index in [0.29, 0.717) is 12.1 Å². The molecule has 3 nitrogen and oxygen atoms in total. The molecule has 0 spiro atoms. The summed E-state index contributed by atoms with van der Waals surface area (Å²) in [5.74, 6) is 0.956. The molecule has 0 radical (unpaired) electrons. The predicted molar refractivity (Wildman–Crippen MR) is 124 cm³/mol. The van der Waals surface area contributed by atoms with Crippen molar-refractivity contribution < 1.29 is 4.74 Å². The first-order valence-electron chi connectivity index (χ1n) is 11.0. The summed E-state index contributed by atoms with van der Waals surface area (Å²) < 4.78 is 5.55. The number of nitrogens with one attached hydrogen (secondary N) is 1. The standard InChI is InChI=1S/C27H32N2O/c1-30-26-17-9-8-15-24(26)21-28-25-16-10-19-29(20-18-22-11-4-2-5-12-22)27(25)23-13-6-3-7-14-23/h2-9,11-15,17,25,27-28H,10,16,18-21H2,1H3. The van der Waals surface area contributed by atoms with Crippen LogP contribution in [0.2, 0.25) is 0 Å². The van der Waals surface area contributed by atoms with Crippen LogP contribution in [0.15, 0.2) is 84.9 Å². The van der Waals surface area contributed by atoms with Crippen molar-refractivity contribution in [3.05, 3.63) is 102 Å². The van der Waals surface area contributed by atoms with Crippen LogP contribution in [0.3, 0.4) is 0 Å². The van der Waals surface area contributed by atoms with Gasteiger partial charge in [0.25, 0.3) is 0 Å². The number of para-hydroxylation sites is 1. The van der Waals surface area contributed by atoms with Gasteiger partial charge in [-0.15, -0.1) is 0 Å². The fourth-order valence-electron chi connectivity index (χ4n) is 4.63. The highest BCUT2D eigenvalue weighted by Crippen LogP contribution is 2.32. The Kier molecular flexibility index (Phi) is 7.17. The number of benzene rings is 3. The highest BCUT2D eigenvalue weighted by Gasteiger charge is 2.32. The van der Waals surface area contributed by atoms with E-state index in [0.717, 1.165) is 31.8 Å². The lowest BCUT2D eigenvalue weighted by atomic mass is 9.89. The molecule has 1 heterocycles. The van der Waals surface area contributed by atoms with Crippen LogP contribution in [-0.2, 0) is 13.0 Å². The first-order chi connectivity index (χ1) is 14.8. The zero-order valence-electron chi connectivity index (χ0n) is 17.8. The molecule has 1 fully saturated rings. The van der Waals surface area contributed by atoms with E-state index >= 15 is 0 Å². The van der Waals surface area contributed by atoms with Crippen LogP contribution < -0.4 is 10.1 Å². The van der Waals surface area contributed by atoms with Crippen molar-refractivity contribution in [3.8, 4) is 5.75 Å². The number of rotatable bonds is 8. The fourth-order valence-corrected chi connectivity index (χ4v) is 4.63. The number of hydrogen-bond donors (Lipinski definition) is 1. The monoisotopic (exact) mass is 400 g/mol. The van der Waals surface area contributed by atoms with E-state index in [4.69, 9.17) is 4.74 Å². The summed E-state index contributed by atoms with van der Waals surface area (Å²) >= 11 is 0. The summed E-state index contributed by atoms with van der Waals surface area (Å²) in [6.07, 6.45) is 3.50. The van der Waals surface area contributed by atoms with Gasteiger partial charge in [0.2, 0.25) is 0 Å². The van der Waals surface area contributed by atoms with Crippen molar-refractivity contribution >= 4 is 0 Å². The Morgan fingerprint density at radius 1 is 0.900 bits per heavy atom. The van der Waals surface area contributed by atoms with Crippen LogP contribution in [0.4, 0.5) is 0 Å². The summed E-state index contributed by atoms with van der Waals surface area (Å²) in [5.41, 5.74) is 4.03. The Labute approximate surface area is 180 Å². The van der Waals surface area contributed by atoms with Gasteiger partial charge >= 0.3 is 0 Å². The molecule has 2 atom stereocenters. The van der Waals surface area contributed by atoms with E-state index < -0.39 is 0 Å². The predicted octanol–water partition coefficient (Wildman–Crippen LogP) is 5.23. The maximum Gasteiger partial charge on any atom is 0.123 e. The van der Waals surface area contributed by atoms with Crippen LogP contribution in [0.1, 0.15) is 35.6 Å². The quantitative estimate of drug-likeness (QED) is 0.560. The number of hydrogen-bond acceptors (Lipinski definition) is 3. The molecular weight excluding hydrogens is 368 g/mol. The molecule has 4 rings (SSSR count). The molecule has 1 aliphatic heterocycles. The van der Waals surface area contributed by atoms with Gasteiger partial charge in [0.15, 0.2) is 0 Å². The second kappa shape index (κ2) is 10.4. The topological polar surface area (TPSA) is 24.5 Å². The highest BCUT2D eigenvalue weighted by molar-refractivity contribution is 5.33. The Balaban J connectivity index is 1.50.